The van der Waals surface area contributed by atoms with E-state index in [1.807, 2.05) is 0 Å². The normalized spacial score (nSPS) is 27.5. The third-order valence-electron chi connectivity index (χ3n) is 14.4. The molecule has 0 bridgehead atoms. The van der Waals surface area contributed by atoms with E-state index < -0.39 is 0 Å². The molecule has 0 aromatic carbocycles. The van der Waals surface area contributed by atoms with Crippen molar-refractivity contribution in [3.63, 3.8) is 0 Å². The fourth-order valence-corrected chi connectivity index (χ4v) is 11.3. The molecule has 2 heteroatoms. The number of hydrogen-bond donors (Lipinski definition) is 2. The molecule has 0 atom stereocenters. The lowest BCUT2D eigenvalue weighted by Crippen LogP contribution is -2.38. The van der Waals surface area contributed by atoms with Crippen LogP contribution >= 0.6 is 0 Å². The van der Waals surface area contributed by atoms with Gasteiger partial charge in [-0.3, -0.25) is 0 Å². The summed E-state index contributed by atoms with van der Waals surface area (Å²) in [5, 5.41) is 6.25. The van der Waals surface area contributed by atoms with Crippen molar-refractivity contribution in [2.24, 2.45) is 35.5 Å². The molecule has 0 aromatic heterocycles. The predicted octanol–water partition coefficient (Wildman–Crippen LogP) is 14.5. The van der Waals surface area contributed by atoms with Crippen LogP contribution in [0.25, 0.3) is 0 Å². The van der Waals surface area contributed by atoms with Gasteiger partial charge in [-0.25, -0.2) is 0 Å². The molecule has 7 saturated carbocycles. The van der Waals surface area contributed by atoms with Gasteiger partial charge in [0.05, 0.1) is 0 Å². The summed E-state index contributed by atoms with van der Waals surface area (Å²) < 4.78 is 0. The molecule has 286 valence electrons. The maximum atomic E-state index is 3.79. The molecule has 1 heterocycles. The average molecular weight is 681 g/mol. The Balaban J connectivity index is 0.000000141. The van der Waals surface area contributed by atoms with E-state index in [1.165, 1.54) is 160 Å². The van der Waals surface area contributed by atoms with Crippen LogP contribution in [0, 0.1) is 35.5 Å². The average Bonchev–Trinajstić information content (AvgIpc) is 3.22. The minimum absolute atomic E-state index is 0.930. The molecule has 8 aliphatic rings. The van der Waals surface area contributed by atoms with Crippen molar-refractivity contribution in [1.29, 1.82) is 0 Å². The molecule has 8 fully saturated rings. The Kier molecular flexibility index (Phi) is 23.1. The van der Waals surface area contributed by atoms with Crippen molar-refractivity contribution in [1.82, 2.24) is 10.6 Å². The molecule has 2 nitrogen and oxygen atoms in total. The highest BCUT2D eigenvalue weighted by Gasteiger charge is 2.26. The van der Waals surface area contributed by atoms with Crippen LogP contribution in [-0.4, -0.2) is 19.8 Å². The summed E-state index contributed by atoms with van der Waals surface area (Å²) in [6, 6.07) is 0. The maximum Gasteiger partial charge on any atom is 0.0459 e. The van der Waals surface area contributed by atoms with Gasteiger partial charge in [-0.1, -0.05) is 238 Å². The second kappa shape index (κ2) is 27.3. The van der Waals surface area contributed by atoms with E-state index in [0.29, 0.717) is 0 Å². The third-order valence-corrected chi connectivity index (χ3v) is 14.4. The van der Waals surface area contributed by atoms with E-state index in [1.54, 1.807) is 77.0 Å². The van der Waals surface area contributed by atoms with Crippen LogP contribution in [0.15, 0.2) is 12.2 Å². The maximum absolute atomic E-state index is 3.79. The Morgan fingerprint density at radius 1 is 0.265 bits per heavy atom. The number of hydrogen-bond acceptors (Lipinski definition) is 2. The van der Waals surface area contributed by atoms with Gasteiger partial charge in [0, 0.05) is 19.8 Å². The van der Waals surface area contributed by atoms with Crippen molar-refractivity contribution in [3.8, 4) is 0 Å². The van der Waals surface area contributed by atoms with E-state index in [9.17, 15) is 0 Å². The van der Waals surface area contributed by atoms with Gasteiger partial charge in [0.15, 0.2) is 0 Å². The second-order valence-electron chi connectivity index (χ2n) is 18.3. The summed E-state index contributed by atoms with van der Waals surface area (Å²) in [6.07, 6.45) is 55.2. The van der Waals surface area contributed by atoms with Gasteiger partial charge >= 0.3 is 0 Å². The van der Waals surface area contributed by atoms with E-state index in [0.717, 1.165) is 55.3 Å². The fraction of sp³-hybridized carbons (Fsp3) is 0.957. The van der Waals surface area contributed by atoms with Crippen molar-refractivity contribution in [2.75, 3.05) is 19.8 Å². The Bertz CT molecular complexity index is 607. The van der Waals surface area contributed by atoms with Gasteiger partial charge in [-0.2, -0.15) is 0 Å². The van der Waals surface area contributed by atoms with E-state index in [4.69, 9.17) is 0 Å². The molecular weight excluding hydrogens is 593 g/mol. The first kappa shape index (κ1) is 41.4. The summed E-state index contributed by atoms with van der Waals surface area (Å²) in [5.74, 6) is 6.83. The summed E-state index contributed by atoms with van der Waals surface area (Å²) in [6.45, 7) is 6.68. The monoisotopic (exact) mass is 681 g/mol. The Labute approximate surface area is 308 Å². The topological polar surface area (TPSA) is 24.1 Å². The lowest BCUT2D eigenvalue weighted by molar-refractivity contribution is 0.196. The Morgan fingerprint density at radius 2 is 0.429 bits per heavy atom. The Hall–Kier alpha value is -0.340. The SMILES string of the molecule is C1CCC(C2CCCCC2)CC1.C1CCC(C2CCCCC2)CC1.C1CCC(C2CCCCC2)CC1.C1CCCCC1.C=C1CNCNC1. The minimum atomic E-state index is 0.930. The van der Waals surface area contributed by atoms with Crippen LogP contribution in [0.2, 0.25) is 0 Å². The zero-order valence-electron chi connectivity index (χ0n) is 33.2. The second-order valence-corrected chi connectivity index (χ2v) is 18.3. The van der Waals surface area contributed by atoms with Crippen LogP contribution in [0.1, 0.15) is 231 Å². The van der Waals surface area contributed by atoms with Crippen molar-refractivity contribution >= 4 is 0 Å². The van der Waals surface area contributed by atoms with Gasteiger partial charge in [0.25, 0.3) is 0 Å². The first-order valence-corrected chi connectivity index (χ1v) is 23.4. The summed E-state index contributed by atoms with van der Waals surface area (Å²) >= 11 is 0. The lowest BCUT2D eigenvalue weighted by atomic mass is 9.73. The van der Waals surface area contributed by atoms with Crippen LogP contribution in [-0.2, 0) is 0 Å². The standard InChI is InChI=1S/3C12H22.C6H12.C5H10N2/c3*1-3-7-11(8-4-1)12-9-5-2-6-10-12;1-2-4-6-5-3-1;1-5-2-6-4-7-3-5/h3*11-12H,1-10H2;1-6H2;6-7H,1-4H2. The fourth-order valence-electron chi connectivity index (χ4n) is 11.3. The molecule has 1 saturated heterocycles. The zero-order chi connectivity index (χ0) is 34.0. The van der Waals surface area contributed by atoms with Crippen LogP contribution in [0.5, 0.6) is 0 Å². The van der Waals surface area contributed by atoms with Gasteiger partial charge in [0.2, 0.25) is 0 Å². The quantitative estimate of drug-likeness (QED) is 0.290. The number of rotatable bonds is 3. The molecule has 0 spiro atoms. The molecule has 49 heavy (non-hydrogen) atoms. The van der Waals surface area contributed by atoms with Crippen LogP contribution in [0.3, 0.4) is 0 Å². The van der Waals surface area contributed by atoms with Gasteiger partial charge in [-0.15, -0.1) is 0 Å². The number of nitrogens with one attached hydrogen (secondary N) is 2. The molecule has 7 aliphatic carbocycles. The zero-order valence-corrected chi connectivity index (χ0v) is 33.2. The smallest absolute Gasteiger partial charge is 0.0459 e. The predicted molar refractivity (Wildman–Crippen MR) is 217 cm³/mol. The van der Waals surface area contributed by atoms with Gasteiger partial charge in [0.1, 0.15) is 0 Å². The summed E-state index contributed by atoms with van der Waals surface area (Å²) in [7, 11) is 0. The van der Waals surface area contributed by atoms with E-state index >= 15 is 0 Å². The third kappa shape index (κ3) is 18.3. The van der Waals surface area contributed by atoms with Gasteiger partial charge < -0.3 is 10.6 Å². The molecule has 8 rings (SSSR count). The first-order valence-electron chi connectivity index (χ1n) is 23.4. The summed E-state index contributed by atoms with van der Waals surface area (Å²) in [4.78, 5) is 0. The molecule has 2 N–H and O–H groups in total. The first-order chi connectivity index (χ1) is 24.3. The van der Waals surface area contributed by atoms with Crippen molar-refractivity contribution < 1.29 is 0 Å². The van der Waals surface area contributed by atoms with Crippen molar-refractivity contribution in [2.45, 2.75) is 231 Å². The van der Waals surface area contributed by atoms with E-state index in [2.05, 4.69) is 17.2 Å². The summed E-state index contributed by atoms with van der Waals surface area (Å²) in [5.41, 5.74) is 1.24. The molecule has 0 aromatic rings. The molecule has 0 radical (unpaired) electrons. The highest BCUT2D eigenvalue weighted by molar-refractivity contribution is 5.01. The largest absolute Gasteiger partial charge is 0.301 e. The Morgan fingerprint density at radius 3 is 0.571 bits per heavy atom. The van der Waals surface area contributed by atoms with Crippen LogP contribution in [0.4, 0.5) is 0 Å². The molecular formula is C47H88N2. The van der Waals surface area contributed by atoms with Gasteiger partial charge in [-0.05, 0) is 41.1 Å². The molecule has 0 amide bonds. The lowest BCUT2D eigenvalue weighted by Gasteiger charge is -2.32. The van der Waals surface area contributed by atoms with E-state index in [-0.39, 0.29) is 0 Å². The highest BCUT2D eigenvalue weighted by Crippen LogP contribution is 2.40. The molecule has 1 aliphatic heterocycles. The molecule has 0 unspecified atom stereocenters. The highest BCUT2D eigenvalue weighted by atomic mass is 15.1. The van der Waals surface area contributed by atoms with Crippen LogP contribution < -0.4 is 10.6 Å². The van der Waals surface area contributed by atoms with Crippen molar-refractivity contribution in [3.05, 3.63) is 12.2 Å². The minimum Gasteiger partial charge on any atom is -0.301 e.